The topological polar surface area (TPSA) is 179 Å². The van der Waals surface area contributed by atoms with Crippen LogP contribution in [0.2, 0.25) is 0 Å². The van der Waals surface area contributed by atoms with Gasteiger partial charge in [-0.25, -0.2) is 4.79 Å². The summed E-state index contributed by atoms with van der Waals surface area (Å²) >= 11 is 0. The predicted octanol–water partition coefficient (Wildman–Crippen LogP) is 20.9. The fraction of sp³-hybridized carbons (Fsp3) is 0.477. The van der Waals surface area contributed by atoms with Crippen molar-refractivity contribution in [2.45, 2.75) is 219 Å². The molecule has 10 rings (SSSR count). The van der Waals surface area contributed by atoms with Gasteiger partial charge in [0.15, 0.2) is 11.6 Å². The van der Waals surface area contributed by atoms with Gasteiger partial charge in [0, 0.05) is 79.0 Å². The number of carbonyl (C=O) groups is 4. The van der Waals surface area contributed by atoms with Crippen LogP contribution in [0, 0.1) is 11.8 Å². The monoisotopic (exact) mass is 1380 g/mol. The van der Waals surface area contributed by atoms with E-state index in [0.717, 1.165) is 98.6 Å². The molecule has 14 heteroatoms. The summed E-state index contributed by atoms with van der Waals surface area (Å²) in [5.74, 6) is 1.38. The van der Waals surface area contributed by atoms with Crippen LogP contribution in [0.4, 0.5) is 27.5 Å². The molecule has 2 aliphatic carbocycles. The molecule has 0 fully saturated rings. The SMILES string of the molecule is CCCCCCCCCC(CCCCCCCCNC(=O)COCc1ccc(Nc2ccc3c4c(cc(=O)n3C)-c3ccccc3C(=O)c24)cc1)C(CCCCCCCCC)CCCCCCCCNC(=O)OCCc1ccc(Nc2ccc3c4c(cc(=O)n3C)-c3ccccc3C(=O)c24)cc1. The summed E-state index contributed by atoms with van der Waals surface area (Å²) in [6, 6.07) is 41.5. The predicted molar refractivity (Wildman–Crippen MR) is 418 cm³/mol. The van der Waals surface area contributed by atoms with E-state index in [0.29, 0.717) is 65.3 Å². The normalized spacial score (nSPS) is 12.7. The van der Waals surface area contributed by atoms with Crippen LogP contribution >= 0.6 is 0 Å². The summed E-state index contributed by atoms with van der Waals surface area (Å²) in [6.07, 6.45) is 38.9. The van der Waals surface area contributed by atoms with Crippen molar-refractivity contribution in [3.63, 3.8) is 0 Å². The summed E-state index contributed by atoms with van der Waals surface area (Å²) in [6.45, 7) is 6.47. The number of ketones is 2. The van der Waals surface area contributed by atoms with Gasteiger partial charge in [-0.05, 0) is 107 Å². The van der Waals surface area contributed by atoms with Gasteiger partial charge in [-0.3, -0.25) is 24.0 Å². The molecule has 542 valence electrons. The molecule has 0 aliphatic heterocycles. The van der Waals surface area contributed by atoms with Crippen LogP contribution in [0.15, 0.2) is 143 Å². The zero-order valence-corrected chi connectivity index (χ0v) is 61.5. The molecule has 2 heterocycles. The standard InChI is InChI=1S/C88H112N6O8/c1-5-7-9-11-13-19-25-35-65(37-27-21-15-17-23-33-56-89-79(95)62-101-61-64-45-49-68(50-46-64)92-76-52-54-78-83-74(60-81(97)94(78)4)70-40-30-32-42-72(70)87(99)85(76)83)66(36-26-20-14-12-10-8-6-2)38-28-22-16-18-24-34-57-90-88(100)102-58-55-63-43-47-67(48-44-63)91-75-51-53-77-82-73(59-80(96)93(77)3)69-39-29-31-41-71(69)86(98)84(75)82/h29-32,39-54,59-60,65-66,91-92H,5-28,33-38,55-58,61-62H2,1-4H3,(H,89,95)(H,90,100). The number of aryl methyl sites for hydroxylation is 2. The maximum Gasteiger partial charge on any atom is 0.407 e. The van der Waals surface area contributed by atoms with Crippen LogP contribution in [0.3, 0.4) is 0 Å². The number of pyridine rings is 2. The molecular formula is C88H112N6O8. The van der Waals surface area contributed by atoms with Gasteiger partial charge in [0.2, 0.25) is 5.91 Å². The van der Waals surface area contributed by atoms with Gasteiger partial charge in [0.1, 0.15) is 6.61 Å². The molecule has 102 heavy (non-hydrogen) atoms. The summed E-state index contributed by atoms with van der Waals surface area (Å²) in [4.78, 5) is 79.3. The van der Waals surface area contributed by atoms with Gasteiger partial charge >= 0.3 is 6.09 Å². The third-order valence-corrected chi connectivity index (χ3v) is 21.4. The fourth-order valence-electron chi connectivity index (χ4n) is 15.5. The minimum absolute atomic E-state index is 0.00418. The van der Waals surface area contributed by atoms with Crippen molar-refractivity contribution in [2.75, 3.05) is 36.9 Å². The Morgan fingerprint density at radius 1 is 0.412 bits per heavy atom. The third-order valence-electron chi connectivity index (χ3n) is 21.4. The van der Waals surface area contributed by atoms with E-state index in [-0.39, 0.29) is 47.9 Å². The number of carbonyl (C=O) groups excluding carboxylic acids is 4. The first kappa shape index (κ1) is 76.0. The highest BCUT2D eigenvalue weighted by Gasteiger charge is 2.31. The smallest absolute Gasteiger partial charge is 0.407 e. The van der Waals surface area contributed by atoms with Crippen molar-refractivity contribution in [1.82, 2.24) is 19.8 Å². The van der Waals surface area contributed by atoms with Gasteiger partial charge in [-0.15, -0.1) is 0 Å². The number of nitrogens with zero attached hydrogens (tertiary/aromatic N) is 2. The number of nitrogens with one attached hydrogen (secondary N) is 4. The third kappa shape index (κ3) is 20.8. The van der Waals surface area contributed by atoms with Gasteiger partial charge in [-0.1, -0.05) is 266 Å². The van der Waals surface area contributed by atoms with Gasteiger partial charge in [-0.2, -0.15) is 0 Å². The van der Waals surface area contributed by atoms with E-state index in [9.17, 15) is 28.8 Å². The highest BCUT2D eigenvalue weighted by atomic mass is 16.5. The molecule has 0 saturated heterocycles. The van der Waals surface area contributed by atoms with E-state index >= 15 is 0 Å². The van der Waals surface area contributed by atoms with Crippen LogP contribution in [-0.2, 0) is 41.4 Å². The number of fused-ring (bicyclic) bond motifs is 4. The Bertz CT molecular complexity index is 3920. The van der Waals surface area contributed by atoms with Crippen LogP contribution in [0.1, 0.15) is 249 Å². The molecule has 14 nitrogen and oxygen atoms in total. The highest BCUT2D eigenvalue weighted by molar-refractivity contribution is 6.29. The molecule has 8 aromatic rings. The van der Waals surface area contributed by atoms with Crippen molar-refractivity contribution in [3.05, 3.63) is 188 Å². The number of aromatic nitrogens is 2. The lowest BCUT2D eigenvalue weighted by atomic mass is 9.78. The number of benzene rings is 6. The molecule has 0 radical (unpaired) electrons. The van der Waals surface area contributed by atoms with Crippen molar-refractivity contribution < 1.29 is 28.7 Å². The van der Waals surface area contributed by atoms with Crippen molar-refractivity contribution in [2.24, 2.45) is 25.9 Å². The quantitative estimate of drug-likeness (QED) is 0.0268. The van der Waals surface area contributed by atoms with Gasteiger partial charge < -0.3 is 39.9 Å². The molecule has 0 spiro atoms. The molecule has 2 aliphatic rings. The van der Waals surface area contributed by atoms with E-state index in [2.05, 4.69) is 35.1 Å². The minimum atomic E-state index is -0.374. The van der Waals surface area contributed by atoms with Crippen molar-refractivity contribution in [3.8, 4) is 22.3 Å². The van der Waals surface area contributed by atoms with Crippen molar-refractivity contribution >= 4 is 68.1 Å². The lowest BCUT2D eigenvalue weighted by Crippen LogP contribution is -2.28. The number of rotatable bonds is 46. The summed E-state index contributed by atoms with van der Waals surface area (Å²) in [5, 5.41) is 14.5. The zero-order valence-electron chi connectivity index (χ0n) is 61.5. The van der Waals surface area contributed by atoms with Crippen LogP contribution in [0.25, 0.3) is 44.1 Å². The van der Waals surface area contributed by atoms with Crippen LogP contribution in [0.5, 0.6) is 0 Å². The van der Waals surface area contributed by atoms with Gasteiger partial charge in [0.05, 0.1) is 46.7 Å². The number of anilines is 4. The average molecular weight is 1380 g/mol. The molecule has 2 unspecified atom stereocenters. The maximum atomic E-state index is 14.0. The average Bonchev–Trinajstić information content (AvgIpc) is 0.730. The van der Waals surface area contributed by atoms with E-state index in [4.69, 9.17) is 9.47 Å². The Morgan fingerprint density at radius 3 is 1.23 bits per heavy atom. The molecule has 2 aromatic heterocycles. The lowest BCUT2D eigenvalue weighted by Gasteiger charge is -2.28. The fourth-order valence-corrected chi connectivity index (χ4v) is 15.5. The first-order valence-electron chi connectivity index (χ1n) is 39.0. The Labute approximate surface area is 605 Å². The second kappa shape index (κ2) is 39.7. The van der Waals surface area contributed by atoms with Crippen LogP contribution in [-0.4, -0.2) is 59.0 Å². The molecule has 2 amide bonds. The number of alkyl carbamates (subject to hydrolysis) is 1. The first-order chi connectivity index (χ1) is 49.9. The Kier molecular flexibility index (Phi) is 29.6. The molecule has 4 N–H and O–H groups in total. The summed E-state index contributed by atoms with van der Waals surface area (Å²) < 4.78 is 14.6. The number of ether oxygens (including phenoxy) is 2. The molecule has 0 bridgehead atoms. The highest BCUT2D eigenvalue weighted by Crippen LogP contribution is 2.44. The molecular weight excluding hydrogens is 1270 g/mol. The summed E-state index contributed by atoms with van der Waals surface area (Å²) in [5.41, 5.74) is 11.5. The summed E-state index contributed by atoms with van der Waals surface area (Å²) in [7, 11) is 3.47. The Morgan fingerprint density at radius 2 is 0.794 bits per heavy atom. The van der Waals surface area contributed by atoms with E-state index in [1.807, 2.05) is 121 Å². The Hall–Kier alpha value is -8.62. The molecule has 6 aromatic carbocycles. The maximum absolute atomic E-state index is 14.0. The zero-order chi connectivity index (χ0) is 71.4. The molecule has 0 saturated carbocycles. The number of hydrogen-bond acceptors (Lipinski definition) is 10. The second-order valence-corrected chi connectivity index (χ2v) is 28.9. The van der Waals surface area contributed by atoms with Crippen LogP contribution < -0.4 is 32.4 Å². The number of unbranched alkanes of at least 4 members (excludes halogenated alkanes) is 22. The minimum Gasteiger partial charge on any atom is -0.449 e. The number of amides is 2. The lowest BCUT2D eigenvalue weighted by molar-refractivity contribution is -0.126. The van der Waals surface area contributed by atoms with E-state index in [1.165, 1.54) is 167 Å². The van der Waals surface area contributed by atoms with E-state index in [1.54, 1.807) is 35.4 Å². The largest absolute Gasteiger partial charge is 0.449 e. The Balaban J connectivity index is 0.593. The molecule has 2 atom stereocenters. The van der Waals surface area contributed by atoms with E-state index < -0.39 is 0 Å². The first-order valence-corrected chi connectivity index (χ1v) is 39.0. The van der Waals surface area contributed by atoms with Crippen molar-refractivity contribution in [1.29, 1.82) is 0 Å². The second-order valence-electron chi connectivity index (χ2n) is 28.9. The van der Waals surface area contributed by atoms with Gasteiger partial charge in [0.25, 0.3) is 11.1 Å². The number of hydrogen-bond donors (Lipinski definition) is 4.